The third-order valence-corrected chi connectivity index (χ3v) is 4.38. The monoisotopic (exact) mass is 338 g/mol. The van der Waals surface area contributed by atoms with Crippen LogP contribution in [-0.4, -0.2) is 15.6 Å². The Hall–Kier alpha value is -1.20. The molecule has 19 heavy (non-hydrogen) atoms. The summed E-state index contributed by atoms with van der Waals surface area (Å²) in [5.74, 6) is -0.0329. The maximum atomic E-state index is 12.2. The van der Waals surface area contributed by atoms with Crippen molar-refractivity contribution < 1.29 is 4.79 Å². The largest absolute Gasteiger partial charge is 0.288 e. The summed E-state index contributed by atoms with van der Waals surface area (Å²) in [6.45, 7) is 6.77. The quantitative estimate of drug-likeness (QED) is 0.617. The molecule has 0 spiro atoms. The van der Waals surface area contributed by atoms with Crippen LogP contribution in [0.1, 0.15) is 32.7 Å². The number of carbonyl (C=O) groups is 1. The van der Waals surface area contributed by atoms with E-state index in [2.05, 4.69) is 40.9 Å². The molecule has 100 valence electrons. The molecular formula is C14H15BrN2OS. The van der Waals surface area contributed by atoms with Crippen molar-refractivity contribution in [3.8, 4) is 0 Å². The minimum atomic E-state index is -0.0329. The lowest BCUT2D eigenvalue weighted by Gasteiger charge is -2.01. The molecule has 0 radical (unpaired) electrons. The summed E-state index contributed by atoms with van der Waals surface area (Å²) < 4.78 is 2.44. The van der Waals surface area contributed by atoms with E-state index >= 15 is 0 Å². The van der Waals surface area contributed by atoms with Gasteiger partial charge in [-0.25, -0.2) is 0 Å². The Bertz CT molecular complexity index is 640. The van der Waals surface area contributed by atoms with Crippen LogP contribution in [-0.2, 0) is 6.54 Å². The topological polar surface area (TPSA) is 34.9 Å². The molecule has 0 aromatic carbocycles. The molecule has 0 amide bonds. The zero-order chi connectivity index (χ0) is 14.0. The van der Waals surface area contributed by atoms with E-state index in [1.807, 2.05) is 13.0 Å². The van der Waals surface area contributed by atoms with Crippen molar-refractivity contribution in [2.45, 2.75) is 27.3 Å². The van der Waals surface area contributed by atoms with E-state index in [1.165, 1.54) is 9.75 Å². The highest BCUT2D eigenvalue weighted by molar-refractivity contribution is 9.10. The van der Waals surface area contributed by atoms with Gasteiger partial charge in [-0.2, -0.15) is 5.10 Å². The number of hydrogen-bond acceptors (Lipinski definition) is 3. The minimum Gasteiger partial charge on any atom is -0.288 e. The molecule has 0 saturated carbocycles. The van der Waals surface area contributed by atoms with Crippen LogP contribution in [0.15, 0.2) is 22.8 Å². The van der Waals surface area contributed by atoms with Gasteiger partial charge in [0.2, 0.25) is 5.78 Å². The average Bonchev–Trinajstić information content (AvgIpc) is 2.89. The molecule has 0 bridgehead atoms. The van der Waals surface area contributed by atoms with Gasteiger partial charge in [0.05, 0.1) is 10.7 Å². The molecule has 2 rings (SSSR count). The summed E-state index contributed by atoms with van der Waals surface area (Å²) in [6, 6.07) is 2.09. The van der Waals surface area contributed by atoms with Crippen LogP contribution in [0.2, 0.25) is 0 Å². The molecule has 2 aromatic rings. The lowest BCUT2D eigenvalue weighted by Crippen LogP contribution is -2.07. The van der Waals surface area contributed by atoms with Gasteiger partial charge in [0.15, 0.2) is 0 Å². The molecule has 0 saturated heterocycles. The van der Waals surface area contributed by atoms with E-state index in [0.29, 0.717) is 12.2 Å². The molecule has 5 heteroatoms. The van der Waals surface area contributed by atoms with Crippen molar-refractivity contribution in [3.63, 3.8) is 0 Å². The number of hydrogen-bond donors (Lipinski definition) is 0. The fourth-order valence-corrected chi connectivity index (χ4v) is 3.31. The summed E-state index contributed by atoms with van der Waals surface area (Å²) in [7, 11) is 0. The molecule has 0 fully saturated rings. The van der Waals surface area contributed by atoms with E-state index in [1.54, 1.807) is 28.3 Å². The molecule has 0 aliphatic heterocycles. The molecule has 0 unspecified atom stereocenters. The lowest BCUT2D eigenvalue weighted by molar-refractivity contribution is 0.103. The van der Waals surface area contributed by atoms with E-state index < -0.39 is 0 Å². The van der Waals surface area contributed by atoms with Gasteiger partial charge in [-0.1, -0.05) is 0 Å². The number of ketones is 1. The van der Waals surface area contributed by atoms with Crippen LogP contribution in [0.4, 0.5) is 0 Å². The van der Waals surface area contributed by atoms with Gasteiger partial charge in [-0.3, -0.25) is 9.48 Å². The Morgan fingerprint density at radius 3 is 2.84 bits per heavy atom. The van der Waals surface area contributed by atoms with Crippen molar-refractivity contribution in [2.24, 2.45) is 0 Å². The SMILES string of the molecule is CCn1ncc(Br)c1C(=O)/C=C/c1cc(C)sc1C. The van der Waals surface area contributed by atoms with Gasteiger partial charge in [0.1, 0.15) is 5.69 Å². The molecular weight excluding hydrogens is 324 g/mol. The fourth-order valence-electron chi connectivity index (χ4n) is 1.91. The average molecular weight is 339 g/mol. The van der Waals surface area contributed by atoms with E-state index in [0.717, 1.165) is 10.0 Å². The van der Waals surface area contributed by atoms with Crippen molar-refractivity contribution in [1.29, 1.82) is 0 Å². The Morgan fingerprint density at radius 2 is 2.26 bits per heavy atom. The second kappa shape index (κ2) is 5.84. The normalized spacial score (nSPS) is 11.4. The Morgan fingerprint density at radius 1 is 1.53 bits per heavy atom. The highest BCUT2D eigenvalue weighted by Crippen LogP contribution is 2.22. The number of allylic oxidation sites excluding steroid dienone is 1. The Balaban J connectivity index is 2.26. The number of rotatable bonds is 4. The number of halogens is 1. The second-order valence-electron chi connectivity index (χ2n) is 4.22. The number of carbonyl (C=O) groups excluding carboxylic acids is 1. The third kappa shape index (κ3) is 3.04. The molecule has 0 N–H and O–H groups in total. The number of aryl methyl sites for hydroxylation is 3. The van der Waals surface area contributed by atoms with Crippen molar-refractivity contribution in [3.05, 3.63) is 43.8 Å². The van der Waals surface area contributed by atoms with Gasteiger partial charge in [-0.05, 0) is 60.5 Å². The molecule has 0 atom stereocenters. The molecule has 2 heterocycles. The summed E-state index contributed by atoms with van der Waals surface area (Å²) in [6.07, 6.45) is 5.15. The summed E-state index contributed by atoms with van der Waals surface area (Å²) in [4.78, 5) is 14.7. The van der Waals surface area contributed by atoms with Gasteiger partial charge < -0.3 is 0 Å². The molecule has 3 nitrogen and oxygen atoms in total. The van der Waals surface area contributed by atoms with Gasteiger partial charge >= 0.3 is 0 Å². The zero-order valence-corrected chi connectivity index (χ0v) is 13.5. The summed E-state index contributed by atoms with van der Waals surface area (Å²) in [5.41, 5.74) is 1.71. The smallest absolute Gasteiger partial charge is 0.205 e. The van der Waals surface area contributed by atoms with E-state index in [-0.39, 0.29) is 5.78 Å². The van der Waals surface area contributed by atoms with Crippen LogP contribution in [0.3, 0.4) is 0 Å². The van der Waals surface area contributed by atoms with Crippen molar-refractivity contribution >= 4 is 39.1 Å². The van der Waals surface area contributed by atoms with Crippen LogP contribution in [0.5, 0.6) is 0 Å². The van der Waals surface area contributed by atoms with Gasteiger partial charge in [-0.15, -0.1) is 11.3 Å². The van der Waals surface area contributed by atoms with Gasteiger partial charge in [0, 0.05) is 16.3 Å². The maximum absolute atomic E-state index is 12.2. The first kappa shape index (κ1) is 14.2. The first-order valence-corrected chi connectivity index (χ1v) is 7.64. The number of thiophene rings is 1. The van der Waals surface area contributed by atoms with E-state index in [4.69, 9.17) is 0 Å². The van der Waals surface area contributed by atoms with Crippen LogP contribution >= 0.6 is 27.3 Å². The predicted octanol–water partition coefficient (Wildman–Crippen LogP) is 4.24. The summed E-state index contributed by atoms with van der Waals surface area (Å²) >= 11 is 5.11. The highest BCUT2D eigenvalue weighted by atomic mass is 79.9. The minimum absolute atomic E-state index is 0.0329. The lowest BCUT2D eigenvalue weighted by atomic mass is 10.2. The highest BCUT2D eigenvalue weighted by Gasteiger charge is 2.13. The Kier molecular flexibility index (Phi) is 4.37. The standard InChI is InChI=1S/C14H15BrN2OS/c1-4-17-14(12(15)8-16-17)13(18)6-5-11-7-9(2)19-10(11)3/h5-8H,4H2,1-3H3/b6-5+. The first-order chi connectivity index (χ1) is 9.02. The first-order valence-electron chi connectivity index (χ1n) is 6.03. The van der Waals surface area contributed by atoms with Crippen LogP contribution < -0.4 is 0 Å². The van der Waals surface area contributed by atoms with Crippen LogP contribution in [0, 0.1) is 13.8 Å². The number of aromatic nitrogens is 2. The van der Waals surface area contributed by atoms with Crippen molar-refractivity contribution in [2.75, 3.05) is 0 Å². The van der Waals surface area contributed by atoms with Crippen LogP contribution in [0.25, 0.3) is 6.08 Å². The number of nitrogens with zero attached hydrogens (tertiary/aromatic N) is 2. The van der Waals surface area contributed by atoms with Crippen molar-refractivity contribution in [1.82, 2.24) is 9.78 Å². The van der Waals surface area contributed by atoms with Gasteiger partial charge in [0.25, 0.3) is 0 Å². The molecule has 2 aromatic heterocycles. The fraction of sp³-hybridized carbons (Fsp3) is 0.286. The van der Waals surface area contributed by atoms with E-state index in [9.17, 15) is 4.79 Å². The second-order valence-corrected chi connectivity index (χ2v) is 6.54. The molecule has 0 aliphatic rings. The maximum Gasteiger partial charge on any atom is 0.205 e. The zero-order valence-electron chi connectivity index (χ0n) is 11.1. The molecule has 0 aliphatic carbocycles. The third-order valence-electron chi connectivity index (χ3n) is 2.82. The predicted molar refractivity (Wildman–Crippen MR) is 82.8 cm³/mol. The summed E-state index contributed by atoms with van der Waals surface area (Å²) in [5, 5.41) is 4.15. The Labute approximate surface area is 125 Å².